The van der Waals surface area contributed by atoms with Gasteiger partial charge < -0.3 is 20.4 Å². The number of hydrogen-bond acceptors (Lipinski definition) is 3. The zero-order chi connectivity index (χ0) is 27.0. The van der Waals surface area contributed by atoms with Crippen LogP contribution in [0.3, 0.4) is 0 Å². The highest BCUT2D eigenvalue weighted by Crippen LogP contribution is 2.30. The topological polar surface area (TPSA) is 93.3 Å². The smallest absolute Gasteiger partial charge is 0.251 e. The quantitative estimate of drug-likeness (QED) is 0.444. The average Bonchev–Trinajstić information content (AvgIpc) is 3.51. The lowest BCUT2D eigenvalue weighted by atomic mass is 9.98. The van der Waals surface area contributed by atoms with E-state index in [1.807, 2.05) is 13.8 Å². The van der Waals surface area contributed by atoms with Crippen molar-refractivity contribution in [3.05, 3.63) is 72.7 Å². The van der Waals surface area contributed by atoms with Crippen LogP contribution in [0.4, 0.5) is 0 Å². The Balaban J connectivity index is 1.81. The van der Waals surface area contributed by atoms with Crippen molar-refractivity contribution in [2.45, 2.75) is 87.1 Å². The number of rotatable bonds is 7. The van der Waals surface area contributed by atoms with Crippen LogP contribution < -0.4 is 16.0 Å². The summed E-state index contributed by atoms with van der Waals surface area (Å²) in [5.74, 6) is 0.224. The summed E-state index contributed by atoms with van der Waals surface area (Å²) < 4.78 is 0. The Morgan fingerprint density at radius 3 is 2.14 bits per heavy atom. The van der Waals surface area contributed by atoms with Crippen molar-refractivity contribution in [2.24, 2.45) is 4.99 Å². The van der Waals surface area contributed by atoms with E-state index in [1.54, 1.807) is 0 Å². The Labute approximate surface area is 219 Å². The summed E-state index contributed by atoms with van der Waals surface area (Å²) in [6.07, 6.45) is 9.84. The second-order valence-electron chi connectivity index (χ2n) is 10.0. The summed E-state index contributed by atoms with van der Waals surface area (Å²) in [5.41, 5.74) is 11.7. The molecule has 4 rings (SSSR count). The van der Waals surface area contributed by atoms with E-state index in [2.05, 4.69) is 75.1 Å². The number of nitrogens with one attached hydrogen (secondary N) is 3. The molecule has 6 heteroatoms. The maximum Gasteiger partial charge on any atom is 0.251 e. The van der Waals surface area contributed by atoms with Gasteiger partial charge in [-0.3, -0.25) is 9.79 Å². The molecule has 0 aliphatic carbocycles. The molecule has 0 saturated heterocycles. The lowest BCUT2D eigenvalue weighted by Gasteiger charge is -2.08. The molecule has 6 nitrogen and oxygen atoms in total. The standard InChI is InChI=1S/C31H40N4O2/c1-9-20-16(5)24(13-28-22(11-3)18(7)30(36)34-28)32-26(20)15-27-21(10-2)17(6)25(33-27)14-29-23(12-4)19(8)31(37)35-29/h13-15,24,33,35,37H,9-12H2,1-8H3,(H,34,36)/b25-14+,27-15+,28-13+. The molecule has 1 unspecified atom stereocenters. The second-order valence-corrected chi connectivity index (χ2v) is 10.0. The minimum atomic E-state index is -0.0897. The monoisotopic (exact) mass is 500 g/mol. The van der Waals surface area contributed by atoms with Crippen LogP contribution in [0, 0.1) is 13.8 Å². The Hall–Kier alpha value is -3.54. The predicted molar refractivity (Wildman–Crippen MR) is 152 cm³/mol. The number of aliphatic imine (C=N–C) groups is 1. The Morgan fingerprint density at radius 1 is 0.838 bits per heavy atom. The molecule has 0 spiro atoms. The fourth-order valence-electron chi connectivity index (χ4n) is 5.74. The number of amides is 1. The van der Waals surface area contributed by atoms with Gasteiger partial charge in [-0.1, -0.05) is 27.7 Å². The maximum atomic E-state index is 12.2. The van der Waals surface area contributed by atoms with E-state index >= 15 is 0 Å². The van der Waals surface area contributed by atoms with Crippen molar-refractivity contribution in [3.8, 4) is 5.88 Å². The van der Waals surface area contributed by atoms with E-state index in [0.29, 0.717) is 0 Å². The molecule has 0 radical (unpaired) electrons. The van der Waals surface area contributed by atoms with Gasteiger partial charge in [-0.25, -0.2) is 0 Å². The second kappa shape index (κ2) is 10.4. The number of H-pyrrole nitrogens is 2. The van der Waals surface area contributed by atoms with Crippen molar-refractivity contribution in [1.29, 1.82) is 0 Å². The summed E-state index contributed by atoms with van der Waals surface area (Å²) >= 11 is 0. The molecular formula is C31H40N4O2. The van der Waals surface area contributed by atoms with Crippen LogP contribution in [0.25, 0.3) is 12.2 Å². The van der Waals surface area contributed by atoms with Crippen molar-refractivity contribution in [2.75, 3.05) is 0 Å². The van der Waals surface area contributed by atoms with Gasteiger partial charge in [0.2, 0.25) is 0 Å². The van der Waals surface area contributed by atoms with Crippen LogP contribution in [0.15, 0.2) is 39.1 Å². The van der Waals surface area contributed by atoms with Crippen molar-refractivity contribution in [3.63, 3.8) is 0 Å². The van der Waals surface area contributed by atoms with Crippen molar-refractivity contribution < 1.29 is 9.90 Å². The number of aromatic nitrogens is 2. The first-order chi connectivity index (χ1) is 17.6. The highest BCUT2D eigenvalue weighted by atomic mass is 16.3. The van der Waals surface area contributed by atoms with Crippen LogP contribution in [0.5, 0.6) is 5.88 Å². The van der Waals surface area contributed by atoms with Gasteiger partial charge in [0, 0.05) is 33.2 Å². The largest absolute Gasteiger partial charge is 0.494 e. The lowest BCUT2D eigenvalue weighted by molar-refractivity contribution is -0.116. The van der Waals surface area contributed by atoms with Gasteiger partial charge in [0.15, 0.2) is 5.88 Å². The van der Waals surface area contributed by atoms with E-state index in [1.165, 1.54) is 22.3 Å². The van der Waals surface area contributed by atoms with Crippen molar-refractivity contribution in [1.82, 2.24) is 15.3 Å². The molecule has 2 aromatic heterocycles. The zero-order valence-corrected chi connectivity index (χ0v) is 23.4. The summed E-state index contributed by atoms with van der Waals surface area (Å²) in [6.45, 7) is 16.7. The van der Waals surface area contributed by atoms with Crippen LogP contribution in [-0.4, -0.2) is 32.7 Å². The fourth-order valence-corrected chi connectivity index (χ4v) is 5.74. The number of aromatic amines is 2. The molecule has 4 heterocycles. The van der Waals surface area contributed by atoms with Gasteiger partial charge in [0.25, 0.3) is 5.91 Å². The highest BCUT2D eigenvalue weighted by molar-refractivity contribution is 6.22. The Kier molecular flexibility index (Phi) is 7.49. The minimum Gasteiger partial charge on any atom is -0.494 e. The number of hydrogen-bond donors (Lipinski definition) is 4. The molecule has 1 amide bonds. The molecule has 2 aromatic rings. The molecular weight excluding hydrogens is 460 g/mol. The summed E-state index contributed by atoms with van der Waals surface area (Å²) in [7, 11) is 0. The highest BCUT2D eigenvalue weighted by Gasteiger charge is 2.27. The van der Waals surface area contributed by atoms with Gasteiger partial charge in [-0.15, -0.1) is 0 Å². The summed E-state index contributed by atoms with van der Waals surface area (Å²) in [4.78, 5) is 24.1. The fraction of sp³-hybridized carbons (Fsp3) is 0.419. The first-order valence-electron chi connectivity index (χ1n) is 13.5. The third kappa shape index (κ3) is 4.65. The molecule has 0 fully saturated rings. The number of carbonyl (C=O) groups is 1. The van der Waals surface area contributed by atoms with Crippen LogP contribution in [0.1, 0.15) is 82.3 Å². The van der Waals surface area contributed by atoms with E-state index in [0.717, 1.165) is 75.8 Å². The first kappa shape index (κ1) is 26.5. The molecule has 2 aliphatic heterocycles. The number of carbonyl (C=O) groups excluding carboxylic acids is 1. The summed E-state index contributed by atoms with van der Waals surface area (Å²) in [5, 5.41) is 15.4. The van der Waals surface area contributed by atoms with E-state index in [4.69, 9.17) is 4.99 Å². The molecule has 0 bridgehead atoms. The van der Waals surface area contributed by atoms with E-state index in [9.17, 15) is 9.90 Å². The van der Waals surface area contributed by atoms with Gasteiger partial charge in [0.05, 0.1) is 11.8 Å². The molecule has 37 heavy (non-hydrogen) atoms. The normalized spacial score (nSPS) is 20.2. The SMILES string of the molecule is CCC1=C(C)C(/C=C2/NC(=O)C(C)=C2CC)N=C1/C=c1/[nH]/c(=C/c2[nH]c(O)c(C)c2CC)c(C)c1CC. The molecule has 4 N–H and O–H groups in total. The number of allylic oxidation sites excluding steroid dienone is 2. The van der Waals surface area contributed by atoms with Gasteiger partial charge >= 0.3 is 0 Å². The maximum absolute atomic E-state index is 12.2. The van der Waals surface area contributed by atoms with Gasteiger partial charge in [0.1, 0.15) is 0 Å². The number of nitrogens with zero attached hydrogens (tertiary/aromatic N) is 1. The first-order valence-corrected chi connectivity index (χ1v) is 13.5. The summed E-state index contributed by atoms with van der Waals surface area (Å²) in [6, 6.07) is -0.0897. The third-order valence-electron chi connectivity index (χ3n) is 8.02. The number of aromatic hydroxyl groups is 1. The van der Waals surface area contributed by atoms with Crippen molar-refractivity contribution >= 4 is 23.8 Å². The third-order valence-corrected chi connectivity index (χ3v) is 8.02. The minimum absolute atomic E-state index is 0.00996. The molecule has 2 aliphatic rings. The molecule has 1 atom stereocenters. The Bertz CT molecular complexity index is 1500. The van der Waals surface area contributed by atoms with Gasteiger partial charge in [-0.2, -0.15) is 0 Å². The predicted octanol–water partition coefficient (Wildman–Crippen LogP) is 4.69. The zero-order valence-electron chi connectivity index (χ0n) is 23.4. The van der Waals surface area contributed by atoms with Crippen LogP contribution in [0.2, 0.25) is 0 Å². The van der Waals surface area contributed by atoms with Crippen LogP contribution >= 0.6 is 0 Å². The molecule has 0 aromatic carbocycles. The van der Waals surface area contributed by atoms with E-state index in [-0.39, 0.29) is 17.8 Å². The lowest BCUT2D eigenvalue weighted by Crippen LogP contribution is -2.17. The average molecular weight is 501 g/mol. The van der Waals surface area contributed by atoms with E-state index < -0.39 is 0 Å². The molecule has 196 valence electrons. The molecule has 0 saturated carbocycles. The van der Waals surface area contributed by atoms with Gasteiger partial charge in [-0.05, 0) is 105 Å². The van der Waals surface area contributed by atoms with Crippen LogP contribution in [-0.2, 0) is 17.6 Å². The Morgan fingerprint density at radius 2 is 1.51 bits per heavy atom.